The third kappa shape index (κ3) is 5.70. The van der Waals surface area contributed by atoms with Crippen LogP contribution in [0.5, 0.6) is 17.2 Å². The largest absolute Gasteiger partial charge is 0.587 e. The summed E-state index contributed by atoms with van der Waals surface area (Å²) in [5.74, 6) is -3.28. The minimum absolute atomic E-state index is 0.00343. The van der Waals surface area contributed by atoms with E-state index in [0.29, 0.717) is 0 Å². The molecule has 5 rings (SSSR count). The summed E-state index contributed by atoms with van der Waals surface area (Å²) in [4.78, 5) is 30.7. The molecule has 1 N–H and O–H groups in total. The van der Waals surface area contributed by atoms with Gasteiger partial charge in [-0.15, -0.1) is 17.5 Å². The molecule has 2 unspecified atom stereocenters. The maximum atomic E-state index is 15.1. The Morgan fingerprint density at radius 3 is 2.41 bits per heavy atom. The van der Waals surface area contributed by atoms with E-state index in [2.05, 4.69) is 4.74 Å². The number of rotatable bonds is 8. The van der Waals surface area contributed by atoms with Gasteiger partial charge in [0.2, 0.25) is 10.8 Å². The number of likely N-dealkylation sites (N-methyl/N-ethyl adjacent to an activating group) is 1. The van der Waals surface area contributed by atoms with Gasteiger partial charge in [-0.05, 0) is 48.9 Å². The lowest BCUT2D eigenvalue weighted by Crippen LogP contribution is -2.59. The molecule has 16 heteroatoms. The van der Waals surface area contributed by atoms with Gasteiger partial charge in [0.25, 0.3) is 5.91 Å². The lowest BCUT2D eigenvalue weighted by atomic mass is 9.80. The maximum absolute atomic E-state index is 15.1. The van der Waals surface area contributed by atoms with Gasteiger partial charge in [0.15, 0.2) is 11.3 Å². The number of nitrogens with zero attached hydrogens (tertiary/aromatic N) is 3. The summed E-state index contributed by atoms with van der Waals surface area (Å²) in [5.41, 5.74) is -2.37. The highest BCUT2D eigenvalue weighted by atomic mass is 35.5. The number of carbonyl (C=O) groups excluding carboxylic acids is 2. The van der Waals surface area contributed by atoms with E-state index in [1.165, 1.54) is 68.4 Å². The van der Waals surface area contributed by atoms with Crippen LogP contribution in [-0.4, -0.2) is 84.6 Å². The summed E-state index contributed by atoms with van der Waals surface area (Å²) in [6, 6.07) is 9.44. The number of anilines is 1. The van der Waals surface area contributed by atoms with Gasteiger partial charge >= 0.3 is 6.36 Å². The van der Waals surface area contributed by atoms with Crippen molar-refractivity contribution in [3.63, 3.8) is 0 Å². The van der Waals surface area contributed by atoms with Crippen molar-refractivity contribution in [3.05, 3.63) is 76.6 Å². The number of aliphatic hydroxyl groups excluding tert-OH is 1. The highest BCUT2D eigenvalue weighted by molar-refractivity contribution is 7.93. The highest BCUT2D eigenvalue weighted by Gasteiger charge is 2.65. The molecule has 3 aromatic rings. The number of β-amino-alcohol motifs (C(OH)–C–C–N with tert-alkyl or cyclic N) is 1. The van der Waals surface area contributed by atoms with Gasteiger partial charge in [-0.2, -0.15) is 0 Å². The molecule has 4 atom stereocenters. The SMILES string of the molecule is COc1ccc([S+]([O-])N2C(=O)C(c3cc(F)ccc3OC)(N3C[C@H](O)C[C@H]3C(=O)N(C)C)c3cc(Cl)ccc32)c(OC(F)(F)F)c1. The number of ether oxygens (including phenoxy) is 3. The molecule has 0 saturated carbocycles. The Kier molecular flexibility index (Phi) is 9.09. The Bertz CT molecular complexity index is 1680. The fourth-order valence-corrected chi connectivity index (χ4v) is 7.39. The maximum Gasteiger partial charge on any atom is 0.573 e. The molecule has 246 valence electrons. The minimum Gasteiger partial charge on any atom is -0.587 e. The number of aliphatic hydroxyl groups is 1. The van der Waals surface area contributed by atoms with Crippen molar-refractivity contribution >= 4 is 40.5 Å². The van der Waals surface area contributed by atoms with Crippen LogP contribution >= 0.6 is 11.6 Å². The third-order valence-corrected chi connectivity index (χ3v) is 9.42. The van der Waals surface area contributed by atoms with Gasteiger partial charge in [0.1, 0.15) is 34.4 Å². The van der Waals surface area contributed by atoms with Crippen LogP contribution in [0.3, 0.4) is 0 Å². The number of methoxy groups -OCH3 is 2. The zero-order valence-corrected chi connectivity index (χ0v) is 26.4. The molecular formula is C30H28ClF4N3O7S. The standard InChI is InChI=1S/C30H28ClF4N3O7S/c1-36(2)27(40)23-13-18(39)15-37(23)29(21-12-17(32)6-9-24(21)44-4)20-11-16(31)5-8-22(20)38(28(29)41)46(42)26-10-7-19(43-3)14-25(26)45-30(33,34)35/h5-12,14,18,23,39H,13,15H2,1-4H3/t18-,23+,29?,46?/m1/s1. The van der Waals surface area contributed by atoms with E-state index in [9.17, 15) is 27.6 Å². The second-order valence-corrected chi connectivity index (χ2v) is 12.5. The molecule has 2 aliphatic rings. The first-order chi connectivity index (χ1) is 21.6. The van der Waals surface area contributed by atoms with Crippen molar-refractivity contribution in [3.8, 4) is 17.2 Å². The molecule has 46 heavy (non-hydrogen) atoms. The summed E-state index contributed by atoms with van der Waals surface area (Å²) in [7, 11) is 5.45. The number of alkyl halides is 3. The Morgan fingerprint density at radius 2 is 1.78 bits per heavy atom. The average molecular weight is 686 g/mol. The number of hydrogen-bond acceptors (Lipinski definition) is 8. The molecule has 3 aromatic carbocycles. The van der Waals surface area contributed by atoms with E-state index in [0.717, 1.165) is 28.6 Å². The van der Waals surface area contributed by atoms with Crippen molar-refractivity contribution in [2.75, 3.05) is 39.2 Å². The second kappa shape index (κ2) is 12.4. The average Bonchev–Trinajstić information content (AvgIpc) is 3.49. The van der Waals surface area contributed by atoms with Crippen LogP contribution in [0.2, 0.25) is 5.02 Å². The summed E-state index contributed by atoms with van der Waals surface area (Å²) < 4.78 is 85.4. The van der Waals surface area contributed by atoms with Gasteiger partial charge in [0, 0.05) is 48.9 Å². The van der Waals surface area contributed by atoms with Crippen LogP contribution in [0.15, 0.2) is 59.5 Å². The quantitative estimate of drug-likeness (QED) is 0.277. The van der Waals surface area contributed by atoms with Crippen LogP contribution in [0.4, 0.5) is 23.2 Å². The first-order valence-corrected chi connectivity index (χ1v) is 15.1. The Hall–Kier alpha value is -3.76. The first kappa shape index (κ1) is 33.6. The van der Waals surface area contributed by atoms with E-state index < -0.39 is 63.7 Å². The first-order valence-electron chi connectivity index (χ1n) is 13.6. The molecule has 0 radical (unpaired) electrons. The summed E-state index contributed by atoms with van der Waals surface area (Å²) >= 11 is 3.69. The van der Waals surface area contributed by atoms with Crippen LogP contribution in [0.1, 0.15) is 17.5 Å². The fourth-order valence-electron chi connectivity index (χ4n) is 5.95. The monoisotopic (exact) mass is 685 g/mol. The molecule has 0 aliphatic carbocycles. The van der Waals surface area contributed by atoms with Gasteiger partial charge in [-0.3, -0.25) is 14.5 Å². The molecule has 1 saturated heterocycles. The van der Waals surface area contributed by atoms with E-state index in [4.69, 9.17) is 21.1 Å². The zero-order chi connectivity index (χ0) is 33.7. The molecular weight excluding hydrogens is 658 g/mol. The highest BCUT2D eigenvalue weighted by Crippen LogP contribution is 2.55. The summed E-state index contributed by atoms with van der Waals surface area (Å²) in [5, 5.41) is 11.0. The van der Waals surface area contributed by atoms with E-state index in [1.807, 2.05) is 0 Å². The van der Waals surface area contributed by atoms with Gasteiger partial charge < -0.3 is 28.8 Å². The molecule has 10 nitrogen and oxygen atoms in total. The Balaban J connectivity index is 1.82. The molecule has 2 aliphatic heterocycles. The molecule has 2 amide bonds. The molecule has 1 fully saturated rings. The van der Waals surface area contributed by atoms with Crippen LogP contribution in [0, 0.1) is 5.82 Å². The number of benzene rings is 3. The van der Waals surface area contributed by atoms with Gasteiger partial charge in [-0.1, -0.05) is 11.6 Å². The van der Waals surface area contributed by atoms with Gasteiger partial charge in [-0.25, -0.2) is 4.39 Å². The fraction of sp³-hybridized carbons (Fsp3) is 0.333. The third-order valence-electron chi connectivity index (χ3n) is 7.78. The predicted molar refractivity (Wildman–Crippen MR) is 159 cm³/mol. The van der Waals surface area contributed by atoms with Crippen LogP contribution in [-0.2, 0) is 26.5 Å². The van der Waals surface area contributed by atoms with Crippen LogP contribution in [0.25, 0.3) is 0 Å². The van der Waals surface area contributed by atoms with Crippen molar-refractivity contribution < 1.29 is 51.0 Å². The lowest BCUT2D eigenvalue weighted by Gasteiger charge is -2.41. The number of hydrogen-bond donors (Lipinski definition) is 1. The molecule has 2 heterocycles. The van der Waals surface area contributed by atoms with Gasteiger partial charge in [0.05, 0.1) is 26.4 Å². The topological polar surface area (TPSA) is 115 Å². The molecule has 0 spiro atoms. The molecule has 0 aromatic heterocycles. The summed E-state index contributed by atoms with van der Waals surface area (Å²) in [6.45, 7) is -0.285. The van der Waals surface area contributed by atoms with Crippen molar-refractivity contribution in [2.24, 2.45) is 0 Å². The molecule has 0 bridgehead atoms. The minimum atomic E-state index is -5.20. The van der Waals surface area contributed by atoms with E-state index >= 15 is 9.18 Å². The number of fused-ring (bicyclic) bond motifs is 1. The normalized spacial score (nSPS) is 22.1. The Morgan fingerprint density at radius 1 is 1.07 bits per heavy atom. The van der Waals surface area contributed by atoms with E-state index in [1.54, 1.807) is 0 Å². The lowest BCUT2D eigenvalue weighted by molar-refractivity contribution is -0.275. The Labute approximate surface area is 269 Å². The van der Waals surface area contributed by atoms with Crippen molar-refractivity contribution in [1.29, 1.82) is 0 Å². The number of likely N-dealkylation sites (tertiary alicyclic amines) is 1. The smallest absolute Gasteiger partial charge is 0.573 e. The zero-order valence-electron chi connectivity index (χ0n) is 24.8. The summed E-state index contributed by atoms with van der Waals surface area (Å²) in [6.07, 6.45) is -6.45. The van der Waals surface area contributed by atoms with Crippen LogP contribution < -0.4 is 18.5 Å². The van der Waals surface area contributed by atoms with Crippen molar-refractivity contribution in [2.45, 2.75) is 35.4 Å². The van der Waals surface area contributed by atoms with E-state index in [-0.39, 0.29) is 46.3 Å². The number of amides is 2. The predicted octanol–water partition coefficient (Wildman–Crippen LogP) is 4.23. The number of carbonyl (C=O) groups is 2. The van der Waals surface area contributed by atoms with Crippen molar-refractivity contribution in [1.82, 2.24) is 9.80 Å². The second-order valence-electron chi connectivity index (χ2n) is 10.7. The number of halogens is 5.